The van der Waals surface area contributed by atoms with E-state index in [-0.39, 0.29) is 11.4 Å². The third-order valence-electron chi connectivity index (χ3n) is 3.74. The van der Waals surface area contributed by atoms with Crippen LogP contribution >= 0.6 is 0 Å². The molecule has 1 fully saturated rings. The lowest BCUT2D eigenvalue weighted by molar-refractivity contribution is -0.137. The number of hydrogen-bond acceptors (Lipinski definition) is 1. The lowest BCUT2D eigenvalue weighted by Gasteiger charge is -2.33. The molecule has 0 bridgehead atoms. The van der Waals surface area contributed by atoms with Gasteiger partial charge in [-0.05, 0) is 17.0 Å². The van der Waals surface area contributed by atoms with Crippen molar-refractivity contribution < 1.29 is 18.0 Å². The third-order valence-corrected chi connectivity index (χ3v) is 3.74. The molecule has 2 amide bonds. The van der Waals surface area contributed by atoms with Crippen LogP contribution in [0.5, 0.6) is 0 Å². The van der Waals surface area contributed by atoms with E-state index < -0.39 is 11.7 Å². The Kier molecular flexibility index (Phi) is 4.40. The van der Waals surface area contributed by atoms with Crippen LogP contribution in [0.25, 0.3) is 0 Å². The van der Waals surface area contributed by atoms with E-state index in [9.17, 15) is 18.0 Å². The Hall–Kier alpha value is -1.72. The first-order valence-electron chi connectivity index (χ1n) is 7.16. The molecular formula is C16H20F3N2O. The molecule has 0 unspecified atom stereocenters. The second-order valence-corrected chi connectivity index (χ2v) is 6.46. The fourth-order valence-corrected chi connectivity index (χ4v) is 2.50. The van der Waals surface area contributed by atoms with Crippen LogP contribution < -0.4 is 5.32 Å². The van der Waals surface area contributed by atoms with E-state index in [0.717, 1.165) is 18.1 Å². The number of halogens is 3. The van der Waals surface area contributed by atoms with Crippen LogP contribution in [0.3, 0.4) is 0 Å². The van der Waals surface area contributed by atoms with E-state index in [4.69, 9.17) is 0 Å². The average molecular weight is 313 g/mol. The lowest BCUT2D eigenvalue weighted by Crippen LogP contribution is -2.37. The highest BCUT2D eigenvalue weighted by atomic mass is 19.4. The monoisotopic (exact) mass is 313 g/mol. The smallest absolute Gasteiger partial charge is 0.336 e. The van der Waals surface area contributed by atoms with Gasteiger partial charge >= 0.3 is 12.2 Å². The predicted molar refractivity (Wildman–Crippen MR) is 78.2 cm³/mol. The molecule has 1 heterocycles. The first-order chi connectivity index (χ1) is 10.1. The van der Waals surface area contributed by atoms with Crippen LogP contribution in [0, 0.1) is 11.3 Å². The molecule has 3 nitrogen and oxygen atoms in total. The summed E-state index contributed by atoms with van der Waals surface area (Å²) in [4.78, 5) is 13.3. The fourth-order valence-electron chi connectivity index (χ4n) is 2.50. The maximum atomic E-state index is 12.9. The number of urea groups is 1. The van der Waals surface area contributed by atoms with E-state index in [1.54, 1.807) is 11.0 Å². The summed E-state index contributed by atoms with van der Waals surface area (Å²) in [5, 5.41) is 2.71. The van der Waals surface area contributed by atoms with Crippen LogP contribution in [0.1, 0.15) is 31.9 Å². The molecular weight excluding hydrogens is 293 g/mol. The standard InChI is InChI=1S/C16H20F3N2O/c1-15(2,3)13(10-21-8-7-20-14(21)22)11-5-4-6-12(9-11)16(17,18)19/h4-6,9H,7-8,10H2,1-3H3,(H,20,22). The molecule has 0 aromatic heterocycles. The van der Waals surface area contributed by atoms with Crippen molar-refractivity contribution in [3.05, 3.63) is 41.3 Å². The van der Waals surface area contributed by atoms with E-state index in [1.807, 2.05) is 20.8 Å². The summed E-state index contributed by atoms with van der Waals surface area (Å²) >= 11 is 0. The van der Waals surface area contributed by atoms with Gasteiger partial charge in [0.05, 0.1) is 5.56 Å². The van der Waals surface area contributed by atoms with Gasteiger partial charge in [0, 0.05) is 25.6 Å². The Morgan fingerprint density at radius 1 is 1.27 bits per heavy atom. The summed E-state index contributed by atoms with van der Waals surface area (Å²) in [5.74, 6) is 0.815. The second kappa shape index (κ2) is 5.82. The highest BCUT2D eigenvalue weighted by Crippen LogP contribution is 2.37. The molecule has 121 valence electrons. The van der Waals surface area contributed by atoms with Gasteiger partial charge < -0.3 is 10.2 Å². The summed E-state index contributed by atoms with van der Waals surface area (Å²) in [5.41, 5.74) is -0.479. The number of nitrogens with one attached hydrogen (secondary N) is 1. The van der Waals surface area contributed by atoms with Crippen molar-refractivity contribution >= 4 is 6.03 Å². The summed E-state index contributed by atoms with van der Waals surface area (Å²) in [6.45, 7) is 7.29. The normalized spacial score (nSPS) is 16.3. The highest BCUT2D eigenvalue weighted by Gasteiger charge is 2.35. The summed E-state index contributed by atoms with van der Waals surface area (Å²) in [7, 11) is 0. The number of amides is 2. The number of carbonyl (C=O) groups is 1. The molecule has 0 atom stereocenters. The molecule has 1 saturated heterocycles. The van der Waals surface area contributed by atoms with Crippen molar-refractivity contribution in [2.75, 3.05) is 19.6 Å². The second-order valence-electron chi connectivity index (χ2n) is 6.46. The minimum atomic E-state index is -4.37. The Labute approximate surface area is 128 Å². The van der Waals surface area contributed by atoms with E-state index in [0.29, 0.717) is 25.2 Å². The number of alkyl halides is 3. The first-order valence-corrected chi connectivity index (χ1v) is 7.16. The molecule has 1 aromatic rings. The maximum absolute atomic E-state index is 12.9. The van der Waals surface area contributed by atoms with Gasteiger partial charge in [-0.15, -0.1) is 0 Å². The van der Waals surface area contributed by atoms with Crippen LogP contribution in [0.4, 0.5) is 18.0 Å². The van der Waals surface area contributed by atoms with Gasteiger partial charge in [0.15, 0.2) is 0 Å². The van der Waals surface area contributed by atoms with Gasteiger partial charge in [-0.25, -0.2) is 4.79 Å². The van der Waals surface area contributed by atoms with Crippen LogP contribution in [-0.4, -0.2) is 30.6 Å². The SMILES string of the molecule is CC(C)(C)[C](CN1CCNC1=O)c1cccc(C(F)(F)F)c1. The summed E-state index contributed by atoms with van der Waals surface area (Å²) in [6.07, 6.45) is -4.37. The highest BCUT2D eigenvalue weighted by molar-refractivity contribution is 5.76. The van der Waals surface area contributed by atoms with Crippen molar-refractivity contribution in [2.24, 2.45) is 5.41 Å². The quantitative estimate of drug-likeness (QED) is 0.906. The molecule has 22 heavy (non-hydrogen) atoms. The molecule has 6 heteroatoms. The first kappa shape index (κ1) is 16.6. The van der Waals surface area contributed by atoms with E-state index in [1.165, 1.54) is 6.07 Å². The zero-order chi connectivity index (χ0) is 16.5. The van der Waals surface area contributed by atoms with Gasteiger partial charge in [-0.1, -0.05) is 39.0 Å². The maximum Gasteiger partial charge on any atom is 0.416 e. The van der Waals surface area contributed by atoms with Gasteiger partial charge in [0.1, 0.15) is 0 Å². The molecule has 0 spiro atoms. The summed E-state index contributed by atoms with van der Waals surface area (Å²) < 4.78 is 38.7. The lowest BCUT2D eigenvalue weighted by atomic mass is 9.76. The molecule has 1 aromatic carbocycles. The largest absolute Gasteiger partial charge is 0.416 e. The van der Waals surface area contributed by atoms with Gasteiger partial charge in [0.25, 0.3) is 0 Å². The van der Waals surface area contributed by atoms with Crippen LogP contribution in [0.2, 0.25) is 0 Å². The Balaban J connectivity index is 2.32. The van der Waals surface area contributed by atoms with Gasteiger partial charge in [-0.2, -0.15) is 13.2 Å². The van der Waals surface area contributed by atoms with Crippen molar-refractivity contribution in [1.29, 1.82) is 0 Å². The van der Waals surface area contributed by atoms with Crippen molar-refractivity contribution in [1.82, 2.24) is 10.2 Å². The number of rotatable bonds is 3. The number of nitrogens with zero attached hydrogens (tertiary/aromatic N) is 1. The fraction of sp³-hybridized carbons (Fsp3) is 0.500. The van der Waals surface area contributed by atoms with Gasteiger partial charge in [0.2, 0.25) is 0 Å². The van der Waals surface area contributed by atoms with E-state index >= 15 is 0 Å². The van der Waals surface area contributed by atoms with Crippen molar-refractivity contribution in [3.63, 3.8) is 0 Å². The predicted octanol–water partition coefficient (Wildman–Crippen LogP) is 3.70. The van der Waals surface area contributed by atoms with Crippen LogP contribution in [0.15, 0.2) is 24.3 Å². The van der Waals surface area contributed by atoms with Crippen molar-refractivity contribution in [3.8, 4) is 0 Å². The Morgan fingerprint density at radius 3 is 2.45 bits per heavy atom. The molecule has 2 rings (SSSR count). The van der Waals surface area contributed by atoms with Crippen LogP contribution in [-0.2, 0) is 6.18 Å². The molecule has 1 radical (unpaired) electrons. The Morgan fingerprint density at radius 2 is 1.95 bits per heavy atom. The molecule has 0 aliphatic carbocycles. The minimum Gasteiger partial charge on any atom is -0.336 e. The molecule has 1 aliphatic heterocycles. The molecule has 0 saturated carbocycles. The number of carbonyl (C=O) groups excluding carboxylic acids is 1. The average Bonchev–Trinajstić information content (AvgIpc) is 2.79. The number of hydrogen-bond donors (Lipinski definition) is 1. The zero-order valence-corrected chi connectivity index (χ0v) is 12.9. The topological polar surface area (TPSA) is 32.3 Å². The zero-order valence-electron chi connectivity index (χ0n) is 12.9. The summed E-state index contributed by atoms with van der Waals surface area (Å²) in [6, 6.07) is 5.13. The minimum absolute atomic E-state index is 0.172. The van der Waals surface area contributed by atoms with Gasteiger partial charge in [-0.3, -0.25) is 0 Å². The van der Waals surface area contributed by atoms with Crippen molar-refractivity contribution in [2.45, 2.75) is 26.9 Å². The molecule has 1 aliphatic rings. The number of benzene rings is 1. The third kappa shape index (κ3) is 3.72. The molecule has 1 N–H and O–H groups in total. The Bertz CT molecular complexity index is 549. The van der Waals surface area contributed by atoms with E-state index in [2.05, 4.69) is 5.32 Å².